The lowest BCUT2D eigenvalue weighted by atomic mass is 10.2. The minimum absolute atomic E-state index is 0.151. The predicted molar refractivity (Wildman–Crippen MR) is 82.8 cm³/mol. The third-order valence-corrected chi connectivity index (χ3v) is 4.64. The van der Waals surface area contributed by atoms with Crippen molar-refractivity contribution in [2.24, 2.45) is 0 Å². The number of aryl methyl sites for hydroxylation is 1. The molecule has 7 heteroatoms. The standard InChI is InChI=1S/C15H17N3O3S/c1-4-7-18-11-13(9-16-18)10-17-22(19,20)15-6-5-14(21-3)8-12(15)2/h1,5-6,8-9,11,17H,7,10H2,2-3H3. The summed E-state index contributed by atoms with van der Waals surface area (Å²) < 4.78 is 33.9. The van der Waals surface area contributed by atoms with Crippen LogP contribution < -0.4 is 9.46 Å². The third kappa shape index (κ3) is 3.67. The van der Waals surface area contributed by atoms with E-state index in [4.69, 9.17) is 11.2 Å². The Labute approximate surface area is 130 Å². The second-order valence-corrected chi connectivity index (χ2v) is 6.44. The average Bonchev–Trinajstić information content (AvgIpc) is 2.93. The van der Waals surface area contributed by atoms with Gasteiger partial charge in [0.1, 0.15) is 12.3 Å². The number of hydrogen-bond donors (Lipinski definition) is 1. The Kier molecular flexibility index (Phi) is 4.85. The first kappa shape index (κ1) is 16.1. The maximum atomic E-state index is 12.3. The van der Waals surface area contributed by atoms with Crippen LogP contribution in [0.2, 0.25) is 0 Å². The van der Waals surface area contributed by atoms with Crippen LogP contribution in [0.25, 0.3) is 0 Å². The molecule has 2 rings (SSSR count). The van der Waals surface area contributed by atoms with Gasteiger partial charge in [0.15, 0.2) is 0 Å². The van der Waals surface area contributed by atoms with Crippen LogP contribution in [0.1, 0.15) is 11.1 Å². The van der Waals surface area contributed by atoms with Crippen molar-refractivity contribution >= 4 is 10.0 Å². The number of nitrogens with one attached hydrogen (secondary N) is 1. The van der Waals surface area contributed by atoms with Crippen LogP contribution in [0.4, 0.5) is 0 Å². The smallest absolute Gasteiger partial charge is 0.241 e. The van der Waals surface area contributed by atoms with Gasteiger partial charge in [-0.2, -0.15) is 5.10 Å². The molecule has 0 saturated carbocycles. The molecule has 0 unspecified atom stereocenters. The average molecular weight is 319 g/mol. The molecule has 0 spiro atoms. The number of rotatable bonds is 6. The lowest BCUT2D eigenvalue weighted by Crippen LogP contribution is -2.23. The number of sulfonamides is 1. The van der Waals surface area contributed by atoms with Gasteiger partial charge in [-0.05, 0) is 30.7 Å². The third-order valence-electron chi connectivity index (χ3n) is 3.08. The summed E-state index contributed by atoms with van der Waals surface area (Å²) in [4.78, 5) is 0.226. The zero-order valence-corrected chi connectivity index (χ0v) is 13.2. The molecule has 1 aromatic heterocycles. The first-order valence-electron chi connectivity index (χ1n) is 6.55. The van der Waals surface area contributed by atoms with Gasteiger partial charge in [0.05, 0.1) is 18.2 Å². The SMILES string of the molecule is C#CCn1cc(CNS(=O)(=O)c2ccc(OC)cc2C)cn1. The first-order chi connectivity index (χ1) is 10.5. The summed E-state index contributed by atoms with van der Waals surface area (Å²) in [6.07, 6.45) is 8.49. The van der Waals surface area contributed by atoms with Gasteiger partial charge in [-0.25, -0.2) is 13.1 Å². The van der Waals surface area contributed by atoms with Crippen molar-refractivity contribution in [1.29, 1.82) is 0 Å². The van der Waals surface area contributed by atoms with E-state index >= 15 is 0 Å². The van der Waals surface area contributed by atoms with E-state index in [9.17, 15) is 8.42 Å². The maximum Gasteiger partial charge on any atom is 0.241 e. The quantitative estimate of drug-likeness (QED) is 0.815. The molecule has 0 aliphatic rings. The molecule has 2 aromatic rings. The molecule has 1 N–H and O–H groups in total. The first-order valence-corrected chi connectivity index (χ1v) is 8.03. The van der Waals surface area contributed by atoms with Gasteiger partial charge in [0, 0.05) is 18.3 Å². The predicted octanol–water partition coefficient (Wildman–Crippen LogP) is 1.31. The van der Waals surface area contributed by atoms with Crippen molar-refractivity contribution in [3.8, 4) is 18.1 Å². The summed E-state index contributed by atoms with van der Waals surface area (Å²) in [7, 11) is -2.06. The molecule has 22 heavy (non-hydrogen) atoms. The van der Waals surface area contributed by atoms with Crippen molar-refractivity contribution in [1.82, 2.24) is 14.5 Å². The van der Waals surface area contributed by atoms with E-state index in [1.54, 1.807) is 36.1 Å². The molecule has 0 aliphatic heterocycles. The molecule has 116 valence electrons. The highest BCUT2D eigenvalue weighted by Crippen LogP contribution is 2.20. The van der Waals surface area contributed by atoms with Crippen LogP contribution in [-0.2, 0) is 23.1 Å². The largest absolute Gasteiger partial charge is 0.497 e. The van der Waals surface area contributed by atoms with Crippen LogP contribution in [-0.4, -0.2) is 25.3 Å². The fraction of sp³-hybridized carbons (Fsp3) is 0.267. The van der Waals surface area contributed by atoms with Gasteiger partial charge in [-0.1, -0.05) is 5.92 Å². The highest BCUT2D eigenvalue weighted by Gasteiger charge is 2.17. The summed E-state index contributed by atoms with van der Waals surface area (Å²) in [6.45, 7) is 2.23. The summed E-state index contributed by atoms with van der Waals surface area (Å²) in [5.74, 6) is 3.08. The van der Waals surface area contributed by atoms with E-state index in [-0.39, 0.29) is 11.4 Å². The Balaban J connectivity index is 2.12. The zero-order chi connectivity index (χ0) is 16.2. The van der Waals surface area contributed by atoms with Crippen LogP contribution in [0, 0.1) is 19.3 Å². The Hall–Kier alpha value is -2.30. The number of benzene rings is 1. The van der Waals surface area contributed by atoms with Gasteiger partial charge >= 0.3 is 0 Å². The number of terminal acetylenes is 1. The molecule has 0 amide bonds. The number of nitrogens with zero attached hydrogens (tertiary/aromatic N) is 2. The zero-order valence-electron chi connectivity index (χ0n) is 12.4. The maximum absolute atomic E-state index is 12.3. The van der Waals surface area contributed by atoms with Gasteiger partial charge in [0.25, 0.3) is 0 Å². The lowest BCUT2D eigenvalue weighted by Gasteiger charge is -2.10. The highest BCUT2D eigenvalue weighted by molar-refractivity contribution is 7.89. The second kappa shape index (κ2) is 6.64. The normalized spacial score (nSPS) is 11.1. The Morgan fingerprint density at radius 2 is 2.23 bits per heavy atom. The van der Waals surface area contributed by atoms with Gasteiger partial charge in [-0.3, -0.25) is 4.68 Å². The number of methoxy groups -OCH3 is 1. The van der Waals surface area contributed by atoms with Crippen molar-refractivity contribution in [3.63, 3.8) is 0 Å². The molecular weight excluding hydrogens is 302 g/mol. The van der Waals surface area contributed by atoms with Crippen molar-refractivity contribution in [2.45, 2.75) is 24.9 Å². The Morgan fingerprint density at radius 3 is 2.86 bits per heavy atom. The molecule has 1 heterocycles. The minimum atomic E-state index is -3.60. The van der Waals surface area contributed by atoms with Crippen LogP contribution in [0.15, 0.2) is 35.5 Å². The summed E-state index contributed by atoms with van der Waals surface area (Å²) >= 11 is 0. The minimum Gasteiger partial charge on any atom is -0.497 e. The van der Waals surface area contributed by atoms with E-state index in [1.165, 1.54) is 13.2 Å². The van der Waals surface area contributed by atoms with Crippen molar-refractivity contribution < 1.29 is 13.2 Å². The summed E-state index contributed by atoms with van der Waals surface area (Å²) in [6, 6.07) is 4.82. The van der Waals surface area contributed by atoms with E-state index in [0.717, 1.165) is 5.56 Å². The van der Waals surface area contributed by atoms with Crippen LogP contribution >= 0.6 is 0 Å². The molecule has 0 fully saturated rings. The fourth-order valence-electron chi connectivity index (χ4n) is 1.98. The van der Waals surface area contributed by atoms with E-state index in [0.29, 0.717) is 17.9 Å². The molecule has 0 saturated heterocycles. The highest BCUT2D eigenvalue weighted by atomic mass is 32.2. The summed E-state index contributed by atoms with van der Waals surface area (Å²) in [5, 5.41) is 4.04. The Morgan fingerprint density at radius 1 is 1.45 bits per heavy atom. The molecule has 6 nitrogen and oxygen atoms in total. The number of ether oxygens (including phenoxy) is 1. The van der Waals surface area contributed by atoms with Crippen molar-refractivity contribution in [3.05, 3.63) is 41.7 Å². The van der Waals surface area contributed by atoms with Crippen LogP contribution in [0.5, 0.6) is 5.75 Å². The monoisotopic (exact) mass is 319 g/mol. The fourth-order valence-corrected chi connectivity index (χ4v) is 3.23. The van der Waals surface area contributed by atoms with Gasteiger partial charge < -0.3 is 4.74 Å². The van der Waals surface area contributed by atoms with E-state index < -0.39 is 10.0 Å². The van der Waals surface area contributed by atoms with Gasteiger partial charge in [0.2, 0.25) is 10.0 Å². The number of hydrogen-bond acceptors (Lipinski definition) is 4. The topological polar surface area (TPSA) is 73.2 Å². The molecule has 1 aromatic carbocycles. The molecule has 0 aliphatic carbocycles. The number of aromatic nitrogens is 2. The molecular formula is C15H17N3O3S. The molecule has 0 radical (unpaired) electrons. The van der Waals surface area contributed by atoms with E-state index in [2.05, 4.69) is 15.7 Å². The second-order valence-electron chi connectivity index (χ2n) is 4.71. The lowest BCUT2D eigenvalue weighted by molar-refractivity contribution is 0.414. The van der Waals surface area contributed by atoms with Crippen molar-refractivity contribution in [2.75, 3.05) is 7.11 Å². The van der Waals surface area contributed by atoms with Crippen LogP contribution in [0.3, 0.4) is 0 Å². The van der Waals surface area contributed by atoms with Gasteiger partial charge in [-0.15, -0.1) is 6.42 Å². The Bertz CT molecular complexity index is 804. The molecule has 0 bridgehead atoms. The molecule has 0 atom stereocenters. The summed E-state index contributed by atoms with van der Waals surface area (Å²) in [5.41, 5.74) is 1.36. The van der Waals surface area contributed by atoms with E-state index in [1.807, 2.05) is 0 Å².